The molecule has 8 heteroatoms. The van der Waals surface area contributed by atoms with E-state index in [0.29, 0.717) is 16.3 Å². The number of hydrogen-bond donors (Lipinski definition) is 2. The van der Waals surface area contributed by atoms with Crippen molar-refractivity contribution < 1.29 is 14.8 Å². The number of hydrogen-bond acceptors (Lipinski definition) is 5. The van der Waals surface area contributed by atoms with Gasteiger partial charge in [-0.25, -0.2) is 0 Å². The van der Waals surface area contributed by atoms with E-state index in [1.807, 2.05) is 0 Å². The van der Waals surface area contributed by atoms with Crippen LogP contribution >= 0.6 is 23.4 Å². The zero-order chi connectivity index (χ0) is 13.3. The Kier molecular flexibility index (Phi) is 3.74. The Labute approximate surface area is 111 Å². The average Bonchev–Trinajstić information content (AvgIpc) is 2.78. The predicted molar refractivity (Wildman–Crippen MR) is 67.9 cm³/mol. The number of carbonyl (C=O) groups is 1. The molecular formula is C10H9ClN2O4S. The second kappa shape index (κ2) is 5.13. The number of aliphatic carboxylic acids is 1. The second-order valence-corrected chi connectivity index (χ2v) is 5.28. The van der Waals surface area contributed by atoms with E-state index in [1.165, 1.54) is 30.0 Å². The predicted octanol–water partition coefficient (Wildman–Crippen LogP) is 2.04. The minimum absolute atomic E-state index is 0.0597. The molecule has 1 aliphatic rings. The molecular weight excluding hydrogens is 280 g/mol. The van der Waals surface area contributed by atoms with Crippen molar-refractivity contribution in [3.8, 4) is 0 Å². The van der Waals surface area contributed by atoms with Gasteiger partial charge in [-0.3, -0.25) is 20.2 Å². The molecule has 1 heterocycles. The standard InChI is InChI=1S/C10H9ClN2O4S/c11-7-2-1-5(13(16)17)3-6(7)9-12-8(4-18-9)10(14)15/h1-3,8-9,12H,4H2,(H,14,15)/t8-,9?/m0/s1. The third kappa shape index (κ3) is 2.58. The van der Waals surface area contributed by atoms with E-state index in [4.69, 9.17) is 16.7 Å². The van der Waals surface area contributed by atoms with Crippen molar-refractivity contribution in [2.24, 2.45) is 0 Å². The maximum Gasteiger partial charge on any atom is 0.321 e. The van der Waals surface area contributed by atoms with Gasteiger partial charge in [-0.15, -0.1) is 11.8 Å². The summed E-state index contributed by atoms with van der Waals surface area (Å²) >= 11 is 7.35. The Morgan fingerprint density at radius 2 is 2.33 bits per heavy atom. The Morgan fingerprint density at radius 3 is 2.89 bits per heavy atom. The number of carboxylic acid groups (broad SMARTS) is 1. The van der Waals surface area contributed by atoms with E-state index in [-0.39, 0.29) is 11.1 Å². The van der Waals surface area contributed by atoms with Crippen LogP contribution in [0.5, 0.6) is 0 Å². The third-order valence-corrected chi connectivity index (χ3v) is 4.15. The molecule has 2 atom stereocenters. The lowest BCUT2D eigenvalue weighted by Gasteiger charge is -2.12. The molecule has 96 valence electrons. The molecule has 0 aromatic heterocycles. The van der Waals surface area contributed by atoms with Crippen LogP contribution in [-0.2, 0) is 4.79 Å². The van der Waals surface area contributed by atoms with E-state index in [9.17, 15) is 14.9 Å². The fourth-order valence-corrected chi connectivity index (χ4v) is 3.19. The molecule has 0 amide bonds. The van der Waals surface area contributed by atoms with E-state index >= 15 is 0 Å². The van der Waals surface area contributed by atoms with Crippen LogP contribution in [0, 0.1) is 10.1 Å². The van der Waals surface area contributed by atoms with Gasteiger partial charge in [0, 0.05) is 28.5 Å². The van der Waals surface area contributed by atoms with Gasteiger partial charge in [-0.2, -0.15) is 0 Å². The molecule has 1 saturated heterocycles. The molecule has 6 nitrogen and oxygen atoms in total. The zero-order valence-electron chi connectivity index (χ0n) is 9.00. The average molecular weight is 289 g/mol. The summed E-state index contributed by atoms with van der Waals surface area (Å²) in [5.41, 5.74) is 0.482. The summed E-state index contributed by atoms with van der Waals surface area (Å²) in [6.07, 6.45) is 0. The maximum absolute atomic E-state index is 10.8. The van der Waals surface area contributed by atoms with E-state index in [1.54, 1.807) is 0 Å². The first-order chi connectivity index (χ1) is 8.49. The van der Waals surface area contributed by atoms with Gasteiger partial charge in [-0.1, -0.05) is 11.6 Å². The Balaban J connectivity index is 2.26. The summed E-state index contributed by atoms with van der Waals surface area (Å²) in [5, 5.41) is 22.5. The van der Waals surface area contributed by atoms with Crippen LogP contribution in [0.25, 0.3) is 0 Å². The molecule has 1 unspecified atom stereocenters. The molecule has 2 rings (SSSR count). The fraction of sp³-hybridized carbons (Fsp3) is 0.300. The maximum atomic E-state index is 10.8. The van der Waals surface area contributed by atoms with Gasteiger partial charge in [0.2, 0.25) is 0 Å². The van der Waals surface area contributed by atoms with Crippen LogP contribution < -0.4 is 5.32 Å². The minimum atomic E-state index is -0.938. The highest BCUT2D eigenvalue weighted by atomic mass is 35.5. The van der Waals surface area contributed by atoms with Crippen LogP contribution in [-0.4, -0.2) is 27.8 Å². The molecule has 1 aromatic rings. The number of halogens is 1. The lowest BCUT2D eigenvalue weighted by atomic mass is 10.2. The Bertz CT molecular complexity index is 511. The molecule has 1 fully saturated rings. The van der Waals surface area contributed by atoms with Gasteiger partial charge in [0.1, 0.15) is 6.04 Å². The summed E-state index contributed by atoms with van der Waals surface area (Å²) in [6.45, 7) is 0. The van der Waals surface area contributed by atoms with Crippen LogP contribution in [0.4, 0.5) is 5.69 Å². The molecule has 1 aliphatic heterocycles. The summed E-state index contributed by atoms with van der Waals surface area (Å²) in [6, 6.07) is 3.48. The van der Waals surface area contributed by atoms with Crippen molar-refractivity contribution in [2.45, 2.75) is 11.4 Å². The van der Waals surface area contributed by atoms with Gasteiger partial charge in [-0.05, 0) is 6.07 Å². The number of nitro groups is 1. The van der Waals surface area contributed by atoms with Crippen molar-refractivity contribution in [3.63, 3.8) is 0 Å². The van der Waals surface area contributed by atoms with Crippen LogP contribution in [0.1, 0.15) is 10.9 Å². The van der Waals surface area contributed by atoms with Crippen molar-refractivity contribution in [3.05, 3.63) is 38.9 Å². The third-order valence-electron chi connectivity index (χ3n) is 2.55. The molecule has 0 aliphatic carbocycles. The van der Waals surface area contributed by atoms with Crippen molar-refractivity contribution in [2.75, 3.05) is 5.75 Å². The number of nitro benzene ring substituents is 1. The first-order valence-electron chi connectivity index (χ1n) is 5.03. The van der Waals surface area contributed by atoms with E-state index < -0.39 is 16.9 Å². The van der Waals surface area contributed by atoms with Crippen LogP contribution in [0.3, 0.4) is 0 Å². The highest BCUT2D eigenvalue weighted by molar-refractivity contribution is 7.99. The topological polar surface area (TPSA) is 92.5 Å². The smallest absolute Gasteiger partial charge is 0.321 e. The van der Waals surface area contributed by atoms with Crippen LogP contribution in [0.2, 0.25) is 5.02 Å². The van der Waals surface area contributed by atoms with Gasteiger partial charge in [0.15, 0.2) is 0 Å². The quantitative estimate of drug-likeness (QED) is 0.653. The van der Waals surface area contributed by atoms with Crippen molar-refractivity contribution in [1.29, 1.82) is 0 Å². The van der Waals surface area contributed by atoms with E-state index in [0.717, 1.165) is 0 Å². The lowest BCUT2D eigenvalue weighted by Crippen LogP contribution is -2.33. The second-order valence-electron chi connectivity index (χ2n) is 3.73. The number of thioether (sulfide) groups is 1. The molecule has 18 heavy (non-hydrogen) atoms. The number of benzene rings is 1. The first kappa shape index (κ1) is 13.1. The van der Waals surface area contributed by atoms with E-state index in [2.05, 4.69) is 5.32 Å². The molecule has 2 N–H and O–H groups in total. The molecule has 1 aromatic carbocycles. The normalized spacial score (nSPS) is 22.9. The minimum Gasteiger partial charge on any atom is -0.480 e. The Hall–Kier alpha value is -1.31. The number of carboxylic acids is 1. The number of nitrogens with zero attached hydrogens (tertiary/aromatic N) is 1. The summed E-state index contributed by atoms with van der Waals surface area (Å²) in [7, 11) is 0. The highest BCUT2D eigenvalue weighted by Gasteiger charge is 2.32. The van der Waals surface area contributed by atoms with Crippen molar-refractivity contribution in [1.82, 2.24) is 5.32 Å². The summed E-state index contributed by atoms with van der Waals surface area (Å²) in [4.78, 5) is 21.0. The van der Waals surface area contributed by atoms with Crippen LogP contribution in [0.15, 0.2) is 18.2 Å². The Morgan fingerprint density at radius 1 is 1.61 bits per heavy atom. The number of non-ortho nitro benzene ring substituents is 1. The number of nitrogens with one attached hydrogen (secondary N) is 1. The number of rotatable bonds is 3. The monoisotopic (exact) mass is 288 g/mol. The molecule has 0 saturated carbocycles. The molecule has 0 bridgehead atoms. The van der Waals surface area contributed by atoms with Gasteiger partial charge < -0.3 is 5.11 Å². The van der Waals surface area contributed by atoms with Crippen molar-refractivity contribution >= 4 is 35.0 Å². The largest absolute Gasteiger partial charge is 0.480 e. The van der Waals surface area contributed by atoms with Gasteiger partial charge in [0.05, 0.1) is 10.3 Å². The summed E-state index contributed by atoms with van der Waals surface area (Å²) in [5.74, 6) is -0.537. The molecule has 0 spiro atoms. The van der Waals surface area contributed by atoms with Gasteiger partial charge in [0.25, 0.3) is 5.69 Å². The highest BCUT2D eigenvalue weighted by Crippen LogP contribution is 2.38. The fourth-order valence-electron chi connectivity index (χ4n) is 1.64. The SMILES string of the molecule is O=C(O)[C@@H]1CSC(c2cc([N+](=O)[O-])ccc2Cl)N1. The lowest BCUT2D eigenvalue weighted by molar-refractivity contribution is -0.384. The van der Waals surface area contributed by atoms with Gasteiger partial charge >= 0.3 is 5.97 Å². The first-order valence-corrected chi connectivity index (χ1v) is 6.46. The summed E-state index contributed by atoms with van der Waals surface area (Å²) < 4.78 is 0. The molecule has 0 radical (unpaired) electrons. The zero-order valence-corrected chi connectivity index (χ0v) is 10.6.